The fourth-order valence-electron chi connectivity index (χ4n) is 1.52. The number of aryl methyl sites for hydroxylation is 1. The molecule has 0 radical (unpaired) electrons. The van der Waals surface area contributed by atoms with Crippen LogP contribution in [-0.4, -0.2) is 11.1 Å². The first-order chi connectivity index (χ1) is 7.00. The molecule has 0 atom stereocenters. The summed E-state index contributed by atoms with van der Waals surface area (Å²) in [4.78, 5) is 11.0. The first kappa shape index (κ1) is 10.2. The summed E-state index contributed by atoms with van der Waals surface area (Å²) in [7, 11) is 0. The van der Waals surface area contributed by atoms with Gasteiger partial charge in [0.05, 0.1) is 0 Å². The Labute approximate surface area is 92.6 Å². The maximum atomic E-state index is 13.0. The van der Waals surface area contributed by atoms with Crippen LogP contribution in [0.25, 0.3) is 11.0 Å². The van der Waals surface area contributed by atoms with E-state index >= 15 is 0 Å². The van der Waals surface area contributed by atoms with Gasteiger partial charge in [-0.05, 0) is 28.9 Å². The molecule has 15 heavy (non-hydrogen) atoms. The van der Waals surface area contributed by atoms with Crippen LogP contribution < -0.4 is 0 Å². The Hall–Kier alpha value is -1.36. The molecule has 5 heteroatoms. The fourth-order valence-corrected chi connectivity index (χ4v) is 2.13. The third kappa shape index (κ3) is 1.52. The third-order valence-corrected chi connectivity index (χ3v) is 2.72. The summed E-state index contributed by atoms with van der Waals surface area (Å²) in [5.74, 6) is -1.29. The maximum Gasteiger partial charge on any atom is 0.339 e. The Morgan fingerprint density at radius 1 is 1.53 bits per heavy atom. The Kier molecular flexibility index (Phi) is 2.26. The van der Waals surface area contributed by atoms with Crippen LogP contribution in [0.15, 0.2) is 21.0 Å². The van der Waals surface area contributed by atoms with Gasteiger partial charge < -0.3 is 9.52 Å². The van der Waals surface area contributed by atoms with E-state index in [0.29, 0.717) is 9.86 Å². The lowest BCUT2D eigenvalue weighted by atomic mass is 10.1. The summed E-state index contributed by atoms with van der Waals surface area (Å²) in [5.41, 5.74) is 0.300. The van der Waals surface area contributed by atoms with Gasteiger partial charge in [-0.15, -0.1) is 0 Å². The average molecular weight is 273 g/mol. The molecular weight excluding hydrogens is 267 g/mol. The number of hydrogen-bond donors (Lipinski definition) is 1. The minimum atomic E-state index is -1.08. The summed E-state index contributed by atoms with van der Waals surface area (Å²) in [6, 6.07) is 2.38. The fraction of sp³-hybridized carbons (Fsp3) is 0.100. The van der Waals surface area contributed by atoms with Crippen LogP contribution in [0.5, 0.6) is 0 Å². The van der Waals surface area contributed by atoms with Crippen LogP contribution in [0.3, 0.4) is 0 Å². The van der Waals surface area contributed by atoms with E-state index in [9.17, 15) is 9.18 Å². The molecule has 0 saturated heterocycles. The third-order valence-electron chi connectivity index (χ3n) is 2.10. The van der Waals surface area contributed by atoms with E-state index in [0.717, 1.165) is 0 Å². The van der Waals surface area contributed by atoms with Crippen LogP contribution in [0.2, 0.25) is 0 Å². The zero-order valence-corrected chi connectivity index (χ0v) is 9.26. The number of furan rings is 1. The molecule has 3 nitrogen and oxygen atoms in total. The second-order valence-corrected chi connectivity index (χ2v) is 3.95. The number of rotatable bonds is 1. The molecule has 0 spiro atoms. The quantitative estimate of drug-likeness (QED) is 0.866. The van der Waals surface area contributed by atoms with Crippen LogP contribution in [0, 0.1) is 12.7 Å². The number of carbonyl (C=O) groups is 1. The van der Waals surface area contributed by atoms with Crippen molar-refractivity contribution >= 4 is 32.9 Å². The van der Waals surface area contributed by atoms with Crippen molar-refractivity contribution in [3.05, 3.63) is 33.7 Å². The second-order valence-electron chi connectivity index (χ2n) is 3.10. The van der Waals surface area contributed by atoms with Gasteiger partial charge in [-0.1, -0.05) is 0 Å². The van der Waals surface area contributed by atoms with Gasteiger partial charge in [-0.25, -0.2) is 9.18 Å². The van der Waals surface area contributed by atoms with Gasteiger partial charge >= 0.3 is 5.97 Å². The van der Waals surface area contributed by atoms with Gasteiger partial charge in [0.25, 0.3) is 0 Å². The van der Waals surface area contributed by atoms with Crippen LogP contribution in [-0.2, 0) is 0 Å². The number of fused-ring (bicyclic) bond motifs is 1. The van der Waals surface area contributed by atoms with Crippen molar-refractivity contribution in [3.8, 4) is 0 Å². The zero-order chi connectivity index (χ0) is 11.2. The van der Waals surface area contributed by atoms with E-state index in [2.05, 4.69) is 15.9 Å². The Balaban J connectivity index is 2.93. The molecule has 0 bridgehead atoms. The van der Waals surface area contributed by atoms with Crippen molar-refractivity contribution in [2.24, 2.45) is 0 Å². The monoisotopic (exact) mass is 272 g/mol. The van der Waals surface area contributed by atoms with Crippen LogP contribution in [0.4, 0.5) is 4.39 Å². The van der Waals surface area contributed by atoms with Crippen molar-refractivity contribution in [2.75, 3.05) is 0 Å². The van der Waals surface area contributed by atoms with E-state index in [4.69, 9.17) is 9.52 Å². The molecule has 78 valence electrons. The van der Waals surface area contributed by atoms with Gasteiger partial charge in [-0.2, -0.15) is 0 Å². The topological polar surface area (TPSA) is 50.4 Å². The molecule has 1 N–H and O–H groups in total. The number of halogens is 2. The van der Waals surface area contributed by atoms with Gasteiger partial charge in [-0.3, -0.25) is 0 Å². The molecule has 2 rings (SSSR count). The molecule has 0 amide bonds. The normalized spacial score (nSPS) is 10.9. The average Bonchev–Trinajstić information content (AvgIpc) is 2.40. The van der Waals surface area contributed by atoms with E-state index in [1.807, 2.05) is 0 Å². The number of carboxylic acids is 1. The Morgan fingerprint density at radius 3 is 2.80 bits per heavy atom. The largest absolute Gasteiger partial charge is 0.478 e. The molecule has 0 aliphatic heterocycles. The molecule has 1 heterocycles. The number of hydrogen-bond acceptors (Lipinski definition) is 2. The van der Waals surface area contributed by atoms with Gasteiger partial charge in [0.15, 0.2) is 0 Å². The molecule has 0 fully saturated rings. The summed E-state index contributed by atoms with van der Waals surface area (Å²) in [5, 5.41) is 9.36. The highest BCUT2D eigenvalue weighted by molar-refractivity contribution is 9.10. The van der Waals surface area contributed by atoms with Crippen molar-refractivity contribution in [2.45, 2.75) is 6.92 Å². The van der Waals surface area contributed by atoms with Crippen LogP contribution >= 0.6 is 15.9 Å². The first-order valence-electron chi connectivity index (χ1n) is 4.12. The molecule has 0 aliphatic rings. The van der Waals surface area contributed by atoms with Gasteiger partial charge in [0.2, 0.25) is 0 Å². The Morgan fingerprint density at radius 2 is 2.20 bits per heavy atom. The lowest BCUT2D eigenvalue weighted by molar-refractivity contribution is 0.0697. The molecule has 0 saturated carbocycles. The highest BCUT2D eigenvalue weighted by Crippen LogP contribution is 2.32. The summed E-state index contributed by atoms with van der Waals surface area (Å²) in [6.07, 6.45) is 0. The van der Waals surface area contributed by atoms with Crippen molar-refractivity contribution in [3.63, 3.8) is 0 Å². The second kappa shape index (κ2) is 3.34. The van der Waals surface area contributed by atoms with E-state index < -0.39 is 11.8 Å². The highest BCUT2D eigenvalue weighted by atomic mass is 79.9. The summed E-state index contributed by atoms with van der Waals surface area (Å²) in [6.45, 7) is 1.54. The standard InChI is InChI=1S/C10H6BrFO3/c1-4-8(10(13)14)9-6(11)2-5(12)3-7(9)15-4/h2-3H,1H3,(H,13,14). The van der Waals surface area contributed by atoms with E-state index in [1.54, 1.807) is 0 Å². The molecule has 1 aromatic carbocycles. The highest BCUT2D eigenvalue weighted by Gasteiger charge is 2.20. The minimum Gasteiger partial charge on any atom is -0.478 e. The predicted octanol–water partition coefficient (Wildman–Crippen LogP) is 3.34. The number of benzene rings is 1. The maximum absolute atomic E-state index is 13.0. The van der Waals surface area contributed by atoms with Gasteiger partial charge in [0, 0.05) is 15.9 Å². The number of aromatic carboxylic acids is 1. The minimum absolute atomic E-state index is 0.0666. The summed E-state index contributed by atoms with van der Waals surface area (Å²) < 4.78 is 18.6. The lowest BCUT2D eigenvalue weighted by Crippen LogP contribution is -1.97. The van der Waals surface area contributed by atoms with Crippen molar-refractivity contribution < 1.29 is 18.7 Å². The van der Waals surface area contributed by atoms with E-state index in [1.165, 1.54) is 19.1 Å². The van der Waals surface area contributed by atoms with Crippen molar-refractivity contribution in [1.82, 2.24) is 0 Å². The molecule has 1 aromatic heterocycles. The lowest BCUT2D eigenvalue weighted by Gasteiger charge is -1.95. The smallest absolute Gasteiger partial charge is 0.339 e. The first-order valence-corrected chi connectivity index (χ1v) is 4.91. The zero-order valence-electron chi connectivity index (χ0n) is 7.67. The van der Waals surface area contributed by atoms with Crippen molar-refractivity contribution in [1.29, 1.82) is 0 Å². The van der Waals surface area contributed by atoms with E-state index in [-0.39, 0.29) is 16.9 Å². The molecular formula is C10H6BrFO3. The molecule has 0 aliphatic carbocycles. The molecule has 0 unspecified atom stereocenters. The SMILES string of the molecule is Cc1oc2cc(F)cc(Br)c2c1C(=O)O. The van der Waals surface area contributed by atoms with Crippen LogP contribution in [0.1, 0.15) is 16.1 Å². The Bertz CT molecular complexity index is 559. The predicted molar refractivity (Wildman–Crippen MR) is 55.6 cm³/mol. The molecule has 2 aromatic rings. The summed E-state index contributed by atoms with van der Waals surface area (Å²) >= 11 is 3.12. The number of carboxylic acid groups (broad SMARTS) is 1. The van der Waals surface area contributed by atoms with Gasteiger partial charge in [0.1, 0.15) is 22.7 Å².